The third kappa shape index (κ3) is 3.43. The standard InChI is InChI=1S/C24H19NO5/c1-15(26)29-20-21(27)24(2,19-13-12-16-8-6-7-11-18(16)14-19)30-23(20)25-22(28)17-9-4-3-5-10-17/h3-14H,1-2H3,(H,25,28). The summed E-state index contributed by atoms with van der Waals surface area (Å²) in [5, 5.41) is 4.51. The van der Waals surface area contributed by atoms with Gasteiger partial charge in [0, 0.05) is 18.1 Å². The molecule has 30 heavy (non-hydrogen) atoms. The predicted molar refractivity (Wildman–Crippen MR) is 110 cm³/mol. The molecule has 0 aromatic heterocycles. The molecule has 1 N–H and O–H groups in total. The van der Waals surface area contributed by atoms with Crippen molar-refractivity contribution in [2.45, 2.75) is 19.4 Å². The van der Waals surface area contributed by atoms with E-state index in [-0.39, 0.29) is 11.6 Å². The second-order valence-corrected chi connectivity index (χ2v) is 7.10. The number of ketones is 1. The van der Waals surface area contributed by atoms with Gasteiger partial charge in [0.1, 0.15) is 0 Å². The number of hydrogen-bond acceptors (Lipinski definition) is 5. The first-order valence-electron chi connectivity index (χ1n) is 9.40. The molecule has 1 heterocycles. The van der Waals surface area contributed by atoms with Gasteiger partial charge < -0.3 is 9.47 Å². The summed E-state index contributed by atoms with van der Waals surface area (Å²) in [6.07, 6.45) is 0. The van der Waals surface area contributed by atoms with Crippen LogP contribution in [-0.2, 0) is 24.7 Å². The quantitative estimate of drug-likeness (QED) is 0.672. The van der Waals surface area contributed by atoms with Crippen LogP contribution in [0, 0.1) is 0 Å². The van der Waals surface area contributed by atoms with Crippen LogP contribution in [-0.4, -0.2) is 17.7 Å². The van der Waals surface area contributed by atoms with Gasteiger partial charge in [0.15, 0.2) is 5.60 Å². The van der Waals surface area contributed by atoms with Gasteiger partial charge in [-0.2, -0.15) is 0 Å². The number of benzene rings is 3. The van der Waals surface area contributed by atoms with E-state index in [1.54, 1.807) is 43.3 Å². The molecule has 0 saturated heterocycles. The molecule has 6 nitrogen and oxygen atoms in total. The fourth-order valence-electron chi connectivity index (χ4n) is 3.38. The third-order valence-electron chi connectivity index (χ3n) is 4.96. The van der Waals surface area contributed by atoms with E-state index in [1.165, 1.54) is 6.92 Å². The number of fused-ring (bicyclic) bond motifs is 1. The van der Waals surface area contributed by atoms with Gasteiger partial charge in [0.25, 0.3) is 11.7 Å². The van der Waals surface area contributed by atoms with E-state index in [2.05, 4.69) is 5.32 Å². The number of esters is 1. The summed E-state index contributed by atoms with van der Waals surface area (Å²) in [6, 6.07) is 21.7. The first-order valence-corrected chi connectivity index (χ1v) is 9.40. The van der Waals surface area contributed by atoms with E-state index < -0.39 is 23.3 Å². The Bertz CT molecular complexity index is 1200. The van der Waals surface area contributed by atoms with Crippen LogP contribution in [0.2, 0.25) is 0 Å². The fraction of sp³-hybridized carbons (Fsp3) is 0.125. The lowest BCUT2D eigenvalue weighted by Crippen LogP contribution is -2.32. The lowest BCUT2D eigenvalue weighted by Gasteiger charge is -2.24. The van der Waals surface area contributed by atoms with Crippen LogP contribution in [0.1, 0.15) is 29.8 Å². The highest BCUT2D eigenvalue weighted by Crippen LogP contribution is 2.39. The lowest BCUT2D eigenvalue weighted by molar-refractivity contribution is -0.142. The Hall–Kier alpha value is -3.93. The third-order valence-corrected chi connectivity index (χ3v) is 4.96. The molecule has 4 rings (SSSR count). The zero-order chi connectivity index (χ0) is 21.3. The molecule has 150 valence electrons. The molecule has 6 heteroatoms. The van der Waals surface area contributed by atoms with Crippen LogP contribution < -0.4 is 5.32 Å². The lowest BCUT2D eigenvalue weighted by atomic mass is 9.90. The second kappa shape index (κ2) is 7.48. The molecule has 0 bridgehead atoms. The summed E-state index contributed by atoms with van der Waals surface area (Å²) in [5.74, 6) is -2.21. The second-order valence-electron chi connectivity index (χ2n) is 7.10. The smallest absolute Gasteiger partial charge is 0.308 e. The molecular formula is C24H19NO5. The highest BCUT2D eigenvalue weighted by atomic mass is 16.6. The summed E-state index contributed by atoms with van der Waals surface area (Å²) >= 11 is 0. The van der Waals surface area contributed by atoms with Gasteiger partial charge >= 0.3 is 5.97 Å². The van der Waals surface area contributed by atoms with Crippen LogP contribution in [0.3, 0.4) is 0 Å². The van der Waals surface area contributed by atoms with E-state index in [4.69, 9.17) is 9.47 Å². The van der Waals surface area contributed by atoms with Crippen LogP contribution in [0.5, 0.6) is 0 Å². The fourth-order valence-corrected chi connectivity index (χ4v) is 3.38. The molecule has 0 aliphatic carbocycles. The molecule has 0 spiro atoms. The van der Waals surface area contributed by atoms with Crippen molar-refractivity contribution in [3.63, 3.8) is 0 Å². The number of ether oxygens (including phenoxy) is 2. The van der Waals surface area contributed by atoms with Crippen LogP contribution in [0.25, 0.3) is 10.8 Å². The first-order chi connectivity index (χ1) is 14.4. The minimum absolute atomic E-state index is 0.181. The van der Waals surface area contributed by atoms with Crippen LogP contribution in [0.4, 0.5) is 0 Å². The Morgan fingerprint density at radius 2 is 1.60 bits per heavy atom. The Morgan fingerprint density at radius 3 is 2.30 bits per heavy atom. The van der Waals surface area contributed by atoms with Gasteiger partial charge in [0.2, 0.25) is 11.6 Å². The summed E-state index contributed by atoms with van der Waals surface area (Å²) < 4.78 is 11.1. The number of carbonyl (C=O) groups is 3. The van der Waals surface area contributed by atoms with Gasteiger partial charge in [-0.25, -0.2) is 0 Å². The van der Waals surface area contributed by atoms with E-state index in [0.717, 1.165) is 10.8 Å². The maximum Gasteiger partial charge on any atom is 0.308 e. The Morgan fingerprint density at radius 1 is 0.933 bits per heavy atom. The molecule has 3 aromatic rings. The van der Waals surface area contributed by atoms with Crippen molar-refractivity contribution >= 4 is 28.4 Å². The van der Waals surface area contributed by atoms with Crippen molar-refractivity contribution in [3.05, 3.63) is 95.6 Å². The average molecular weight is 401 g/mol. The van der Waals surface area contributed by atoms with Crippen molar-refractivity contribution in [2.75, 3.05) is 0 Å². The maximum atomic E-state index is 13.2. The highest BCUT2D eigenvalue weighted by Gasteiger charge is 2.50. The van der Waals surface area contributed by atoms with Crippen LogP contribution in [0.15, 0.2) is 84.4 Å². The van der Waals surface area contributed by atoms with Crippen LogP contribution >= 0.6 is 0 Å². The molecule has 1 aliphatic rings. The number of Topliss-reactive ketones (excluding diaryl/α,β-unsaturated/α-hetero) is 1. The topological polar surface area (TPSA) is 81.7 Å². The Kier molecular flexibility index (Phi) is 4.83. The van der Waals surface area contributed by atoms with Crippen molar-refractivity contribution in [1.29, 1.82) is 0 Å². The van der Waals surface area contributed by atoms with Gasteiger partial charge in [-0.3, -0.25) is 19.7 Å². The normalized spacial score (nSPS) is 18.3. The van der Waals surface area contributed by atoms with E-state index in [1.807, 2.05) is 36.4 Å². The van der Waals surface area contributed by atoms with Gasteiger partial charge in [-0.05, 0) is 35.9 Å². The SMILES string of the molecule is CC(=O)OC1=C(NC(=O)c2ccccc2)OC(C)(c2ccc3ccccc3c2)C1=O. The first kappa shape index (κ1) is 19.4. The van der Waals surface area contributed by atoms with E-state index in [9.17, 15) is 14.4 Å². The van der Waals surface area contributed by atoms with Crippen molar-refractivity contribution in [2.24, 2.45) is 0 Å². The summed E-state index contributed by atoms with van der Waals surface area (Å²) in [7, 11) is 0. The number of rotatable bonds is 4. The molecule has 0 radical (unpaired) electrons. The zero-order valence-electron chi connectivity index (χ0n) is 16.5. The molecular weight excluding hydrogens is 382 g/mol. The van der Waals surface area contributed by atoms with Crippen molar-refractivity contribution in [3.8, 4) is 0 Å². The molecule has 1 amide bonds. The largest absolute Gasteiger partial charge is 0.456 e. The highest BCUT2D eigenvalue weighted by molar-refractivity contribution is 6.06. The molecule has 1 unspecified atom stereocenters. The van der Waals surface area contributed by atoms with Crippen molar-refractivity contribution < 1.29 is 23.9 Å². The maximum absolute atomic E-state index is 13.2. The molecule has 0 saturated carbocycles. The van der Waals surface area contributed by atoms with Gasteiger partial charge in [0.05, 0.1) is 0 Å². The number of nitrogens with one attached hydrogen (secondary N) is 1. The Balaban J connectivity index is 1.71. The molecule has 0 fully saturated rings. The summed E-state index contributed by atoms with van der Waals surface area (Å²) in [6.45, 7) is 2.77. The van der Waals surface area contributed by atoms with Crippen molar-refractivity contribution in [1.82, 2.24) is 5.32 Å². The minimum Gasteiger partial charge on any atom is -0.456 e. The summed E-state index contributed by atoms with van der Waals surface area (Å²) in [4.78, 5) is 37.4. The molecule has 1 atom stereocenters. The zero-order valence-corrected chi connectivity index (χ0v) is 16.5. The minimum atomic E-state index is -1.45. The average Bonchev–Trinajstić information content (AvgIpc) is 2.99. The van der Waals surface area contributed by atoms with E-state index in [0.29, 0.717) is 11.1 Å². The summed E-state index contributed by atoms with van der Waals surface area (Å²) in [5.41, 5.74) is -0.490. The Labute approximate surface area is 173 Å². The predicted octanol–water partition coefficient (Wildman–Crippen LogP) is 3.82. The van der Waals surface area contributed by atoms with Gasteiger partial charge in [-0.15, -0.1) is 0 Å². The molecule has 3 aromatic carbocycles. The molecule has 1 aliphatic heterocycles. The monoisotopic (exact) mass is 401 g/mol. The number of hydrogen-bond donors (Lipinski definition) is 1. The number of carbonyl (C=O) groups excluding carboxylic acids is 3. The van der Waals surface area contributed by atoms with Gasteiger partial charge in [-0.1, -0.05) is 54.6 Å². The number of amides is 1. The van der Waals surface area contributed by atoms with E-state index >= 15 is 0 Å².